The fourth-order valence-electron chi connectivity index (χ4n) is 2.52. The van der Waals surface area contributed by atoms with Gasteiger partial charge in [0.25, 0.3) is 0 Å². The standard InChI is InChI=1S/C27H33ClO3Si/c1-27(2,3)32(4,5)31-21-20-30-26-18-13-23(14-19-26)12-17-25(29)9-7-6-8-22-10-15-24(28)16-11-22/h6,8,10-11,13-16,18-19H,7,9,20-21H2,1-5H3/b8-6+. The first kappa shape index (κ1) is 25.9. The van der Waals surface area contributed by atoms with Crippen molar-refractivity contribution in [1.82, 2.24) is 0 Å². The third-order valence-corrected chi connectivity index (χ3v) is 10.3. The molecule has 32 heavy (non-hydrogen) atoms. The van der Waals surface area contributed by atoms with Crippen molar-refractivity contribution in [3.8, 4) is 17.6 Å². The van der Waals surface area contributed by atoms with Crippen LogP contribution in [0.2, 0.25) is 23.2 Å². The first-order chi connectivity index (χ1) is 15.1. The molecule has 170 valence electrons. The first-order valence-corrected chi connectivity index (χ1v) is 14.2. The van der Waals surface area contributed by atoms with E-state index in [1.165, 1.54) is 0 Å². The van der Waals surface area contributed by atoms with Crippen LogP contribution in [0.4, 0.5) is 0 Å². The Labute approximate surface area is 198 Å². The van der Waals surface area contributed by atoms with E-state index in [2.05, 4.69) is 45.7 Å². The molecule has 0 heterocycles. The number of halogens is 1. The quantitative estimate of drug-likeness (QED) is 0.222. The van der Waals surface area contributed by atoms with Crippen LogP contribution in [0.5, 0.6) is 5.75 Å². The topological polar surface area (TPSA) is 35.5 Å². The van der Waals surface area contributed by atoms with Gasteiger partial charge in [-0.3, -0.25) is 4.79 Å². The van der Waals surface area contributed by atoms with E-state index in [-0.39, 0.29) is 10.8 Å². The summed E-state index contributed by atoms with van der Waals surface area (Å²) in [4.78, 5) is 12.0. The number of ether oxygens (including phenoxy) is 1. The second kappa shape index (κ2) is 12.1. The molecule has 0 atom stereocenters. The van der Waals surface area contributed by atoms with Crippen LogP contribution in [0.1, 0.15) is 44.7 Å². The van der Waals surface area contributed by atoms with Crippen molar-refractivity contribution >= 4 is 31.8 Å². The van der Waals surface area contributed by atoms with Gasteiger partial charge in [0.1, 0.15) is 12.4 Å². The number of hydrogen-bond donors (Lipinski definition) is 0. The maximum atomic E-state index is 12.0. The molecule has 2 aromatic rings. The highest BCUT2D eigenvalue weighted by Crippen LogP contribution is 2.36. The van der Waals surface area contributed by atoms with Crippen LogP contribution in [-0.2, 0) is 9.22 Å². The Bertz CT molecular complexity index is 959. The van der Waals surface area contributed by atoms with E-state index in [1.54, 1.807) is 0 Å². The van der Waals surface area contributed by atoms with Crippen molar-refractivity contribution in [3.05, 3.63) is 70.8 Å². The van der Waals surface area contributed by atoms with E-state index in [0.29, 0.717) is 31.1 Å². The molecule has 0 saturated carbocycles. The number of carbonyl (C=O) groups excluding carboxylic acids is 1. The highest BCUT2D eigenvalue weighted by atomic mass is 35.5. The number of carbonyl (C=O) groups is 1. The minimum absolute atomic E-state index is 0.0751. The number of benzene rings is 2. The molecule has 2 aromatic carbocycles. The molecule has 0 fully saturated rings. The molecular weight excluding hydrogens is 436 g/mol. The summed E-state index contributed by atoms with van der Waals surface area (Å²) in [5.41, 5.74) is 1.85. The monoisotopic (exact) mass is 468 g/mol. The van der Waals surface area contributed by atoms with E-state index in [9.17, 15) is 4.79 Å². The molecule has 0 aliphatic rings. The molecule has 0 radical (unpaired) electrons. The van der Waals surface area contributed by atoms with Crippen LogP contribution in [0.15, 0.2) is 54.6 Å². The summed E-state index contributed by atoms with van der Waals surface area (Å²) in [6.07, 6.45) is 5.00. The van der Waals surface area contributed by atoms with Gasteiger partial charge >= 0.3 is 0 Å². The smallest absolute Gasteiger partial charge is 0.206 e. The number of hydrogen-bond acceptors (Lipinski definition) is 3. The molecule has 0 unspecified atom stereocenters. The predicted molar refractivity (Wildman–Crippen MR) is 137 cm³/mol. The predicted octanol–water partition coefficient (Wildman–Crippen LogP) is 7.15. The highest BCUT2D eigenvalue weighted by Gasteiger charge is 2.36. The summed E-state index contributed by atoms with van der Waals surface area (Å²) >= 11 is 5.87. The van der Waals surface area contributed by atoms with Crippen LogP contribution in [0.3, 0.4) is 0 Å². The van der Waals surface area contributed by atoms with Crippen LogP contribution < -0.4 is 4.74 Å². The summed E-state index contributed by atoms with van der Waals surface area (Å²) in [5.74, 6) is 6.33. The zero-order valence-electron chi connectivity index (χ0n) is 19.7. The molecular formula is C27H33ClO3Si. The minimum atomic E-state index is -1.74. The first-order valence-electron chi connectivity index (χ1n) is 10.9. The molecule has 5 heteroatoms. The van der Waals surface area contributed by atoms with Gasteiger partial charge in [0.2, 0.25) is 5.78 Å². The SMILES string of the molecule is CC(C)(C)[Si](C)(C)OCCOc1ccc(C#CC(=O)CC/C=C/c2ccc(Cl)cc2)cc1. The van der Waals surface area contributed by atoms with E-state index in [0.717, 1.165) is 16.9 Å². The van der Waals surface area contributed by atoms with Crippen molar-refractivity contribution in [2.24, 2.45) is 0 Å². The fraction of sp³-hybridized carbons (Fsp3) is 0.370. The zero-order chi connectivity index (χ0) is 23.6. The Morgan fingerprint density at radius 1 is 1.03 bits per heavy atom. The Kier molecular flexibility index (Phi) is 9.77. The average molecular weight is 469 g/mol. The lowest BCUT2D eigenvalue weighted by molar-refractivity contribution is -0.113. The van der Waals surface area contributed by atoms with Gasteiger partial charge in [0.15, 0.2) is 8.32 Å². The van der Waals surface area contributed by atoms with E-state index >= 15 is 0 Å². The molecule has 0 aliphatic heterocycles. The number of rotatable bonds is 9. The van der Waals surface area contributed by atoms with Gasteiger partial charge < -0.3 is 9.16 Å². The van der Waals surface area contributed by atoms with E-state index in [4.69, 9.17) is 20.8 Å². The van der Waals surface area contributed by atoms with Crippen molar-refractivity contribution in [2.75, 3.05) is 13.2 Å². The minimum Gasteiger partial charge on any atom is -0.491 e. The van der Waals surface area contributed by atoms with Crippen molar-refractivity contribution in [1.29, 1.82) is 0 Å². The number of ketones is 1. The van der Waals surface area contributed by atoms with Gasteiger partial charge in [-0.05, 0) is 72.4 Å². The molecule has 2 rings (SSSR count). The summed E-state index contributed by atoms with van der Waals surface area (Å²) in [5, 5.41) is 0.903. The number of allylic oxidation sites excluding steroid dienone is 1. The Morgan fingerprint density at radius 2 is 1.69 bits per heavy atom. The molecule has 0 bridgehead atoms. The van der Waals surface area contributed by atoms with Crippen LogP contribution >= 0.6 is 11.6 Å². The zero-order valence-corrected chi connectivity index (χ0v) is 21.5. The third kappa shape index (κ3) is 9.04. The van der Waals surface area contributed by atoms with Crippen LogP contribution in [0, 0.1) is 11.8 Å². The second-order valence-electron chi connectivity index (χ2n) is 9.15. The number of Topliss-reactive ketones (excluding diaryl/α,β-unsaturated/α-hetero) is 1. The van der Waals surface area contributed by atoms with Gasteiger partial charge in [-0.25, -0.2) is 0 Å². The van der Waals surface area contributed by atoms with Crippen LogP contribution in [-0.4, -0.2) is 27.3 Å². The third-order valence-electron chi connectivity index (χ3n) is 5.54. The molecule has 0 spiro atoms. The second-order valence-corrected chi connectivity index (χ2v) is 14.4. The summed E-state index contributed by atoms with van der Waals surface area (Å²) in [6.45, 7) is 12.2. The molecule has 0 amide bonds. The Hall–Kier alpha value is -2.32. The summed E-state index contributed by atoms with van der Waals surface area (Å²) in [7, 11) is -1.74. The normalized spacial score (nSPS) is 11.8. The van der Waals surface area contributed by atoms with Crippen molar-refractivity contribution in [2.45, 2.75) is 51.7 Å². The summed E-state index contributed by atoms with van der Waals surface area (Å²) in [6, 6.07) is 15.0. The fourth-order valence-corrected chi connectivity index (χ4v) is 3.67. The van der Waals surface area contributed by atoms with Gasteiger partial charge in [-0.15, -0.1) is 0 Å². The Morgan fingerprint density at radius 3 is 2.31 bits per heavy atom. The maximum absolute atomic E-state index is 12.0. The molecule has 3 nitrogen and oxygen atoms in total. The maximum Gasteiger partial charge on any atom is 0.206 e. The average Bonchev–Trinajstić information content (AvgIpc) is 2.74. The van der Waals surface area contributed by atoms with Crippen LogP contribution in [0.25, 0.3) is 6.08 Å². The van der Waals surface area contributed by atoms with E-state index < -0.39 is 8.32 Å². The Balaban J connectivity index is 1.73. The summed E-state index contributed by atoms with van der Waals surface area (Å²) < 4.78 is 11.9. The van der Waals surface area contributed by atoms with Gasteiger partial charge in [-0.2, -0.15) is 0 Å². The molecule has 0 saturated heterocycles. The van der Waals surface area contributed by atoms with Gasteiger partial charge in [0.05, 0.1) is 6.61 Å². The lowest BCUT2D eigenvalue weighted by Gasteiger charge is -2.36. The largest absolute Gasteiger partial charge is 0.491 e. The van der Waals surface area contributed by atoms with E-state index in [1.807, 2.05) is 60.7 Å². The molecule has 0 aliphatic carbocycles. The van der Waals surface area contributed by atoms with Gasteiger partial charge in [-0.1, -0.05) is 62.6 Å². The van der Waals surface area contributed by atoms with Gasteiger partial charge in [0, 0.05) is 17.0 Å². The lowest BCUT2D eigenvalue weighted by atomic mass is 10.1. The van der Waals surface area contributed by atoms with Crippen molar-refractivity contribution < 1.29 is 14.0 Å². The van der Waals surface area contributed by atoms with Crippen molar-refractivity contribution in [3.63, 3.8) is 0 Å². The highest BCUT2D eigenvalue weighted by molar-refractivity contribution is 6.74. The molecule has 0 aromatic heterocycles. The molecule has 0 N–H and O–H groups in total. The lowest BCUT2D eigenvalue weighted by Crippen LogP contribution is -2.41.